The number of benzene rings is 1. The molecule has 1 aromatic carbocycles. The van der Waals surface area contributed by atoms with Crippen LogP contribution in [0.5, 0.6) is 0 Å². The van der Waals surface area contributed by atoms with E-state index in [4.69, 9.17) is 4.74 Å². The van der Waals surface area contributed by atoms with Crippen molar-refractivity contribution in [1.82, 2.24) is 4.90 Å². The monoisotopic (exact) mass is 345 g/mol. The third kappa shape index (κ3) is 3.53. The summed E-state index contributed by atoms with van der Waals surface area (Å²) >= 11 is 1.37. The van der Waals surface area contributed by atoms with Gasteiger partial charge in [0, 0.05) is 24.0 Å². The predicted molar refractivity (Wildman–Crippen MR) is 96.9 cm³/mol. The largest absolute Gasteiger partial charge is 0.477 e. The number of aryl methyl sites for hydroxylation is 1. The first-order valence-corrected chi connectivity index (χ1v) is 9.20. The SMILES string of the molecule is CCc1sc(C(=O)O)cc1-c1ccc(C(C)N2CCOCC2)cc1. The summed E-state index contributed by atoms with van der Waals surface area (Å²) in [5.41, 5.74) is 3.42. The highest BCUT2D eigenvalue weighted by molar-refractivity contribution is 7.14. The lowest BCUT2D eigenvalue weighted by Crippen LogP contribution is -2.37. The van der Waals surface area contributed by atoms with Crippen LogP contribution in [-0.4, -0.2) is 42.3 Å². The maximum atomic E-state index is 11.2. The van der Waals surface area contributed by atoms with Gasteiger partial charge >= 0.3 is 5.97 Å². The summed E-state index contributed by atoms with van der Waals surface area (Å²) < 4.78 is 5.42. The molecule has 1 fully saturated rings. The Balaban J connectivity index is 1.82. The third-order valence-electron chi connectivity index (χ3n) is 4.64. The van der Waals surface area contributed by atoms with Crippen LogP contribution in [0.4, 0.5) is 0 Å². The number of rotatable bonds is 5. The van der Waals surface area contributed by atoms with Crippen LogP contribution in [0.15, 0.2) is 30.3 Å². The number of hydrogen-bond donors (Lipinski definition) is 1. The molecule has 0 amide bonds. The summed E-state index contributed by atoms with van der Waals surface area (Å²) in [5, 5.41) is 9.22. The fraction of sp³-hybridized carbons (Fsp3) is 0.421. The van der Waals surface area contributed by atoms with Crippen LogP contribution in [0.25, 0.3) is 11.1 Å². The molecular formula is C19H23NO3S. The Morgan fingerprint density at radius 2 is 1.96 bits per heavy atom. The Morgan fingerprint density at radius 1 is 1.29 bits per heavy atom. The van der Waals surface area contributed by atoms with Gasteiger partial charge in [-0.05, 0) is 36.1 Å². The molecule has 0 radical (unpaired) electrons. The zero-order chi connectivity index (χ0) is 17.1. The Kier molecular flexibility index (Phi) is 5.33. The third-order valence-corrected chi connectivity index (χ3v) is 5.91. The summed E-state index contributed by atoms with van der Waals surface area (Å²) in [4.78, 5) is 15.2. The molecule has 0 bridgehead atoms. The van der Waals surface area contributed by atoms with Gasteiger partial charge in [-0.15, -0.1) is 11.3 Å². The van der Waals surface area contributed by atoms with Crippen LogP contribution in [0.2, 0.25) is 0 Å². The molecule has 1 N–H and O–H groups in total. The van der Waals surface area contributed by atoms with Gasteiger partial charge in [0.2, 0.25) is 0 Å². The van der Waals surface area contributed by atoms with E-state index in [2.05, 4.69) is 43.0 Å². The molecule has 128 valence electrons. The van der Waals surface area contributed by atoms with Crippen molar-refractivity contribution in [3.05, 3.63) is 45.6 Å². The van der Waals surface area contributed by atoms with Gasteiger partial charge in [-0.25, -0.2) is 4.79 Å². The minimum atomic E-state index is -0.849. The second-order valence-electron chi connectivity index (χ2n) is 6.05. The molecule has 1 unspecified atom stereocenters. The molecular weight excluding hydrogens is 322 g/mol. The van der Waals surface area contributed by atoms with Crippen molar-refractivity contribution in [3.63, 3.8) is 0 Å². The average Bonchev–Trinajstić information content (AvgIpc) is 3.07. The van der Waals surface area contributed by atoms with Crippen LogP contribution in [-0.2, 0) is 11.2 Å². The van der Waals surface area contributed by atoms with E-state index in [1.807, 2.05) is 0 Å². The Hall–Kier alpha value is -1.69. The number of morpholine rings is 1. The van der Waals surface area contributed by atoms with Gasteiger partial charge in [0.1, 0.15) is 4.88 Å². The zero-order valence-corrected chi connectivity index (χ0v) is 14.9. The van der Waals surface area contributed by atoms with E-state index in [9.17, 15) is 9.90 Å². The van der Waals surface area contributed by atoms with Crippen LogP contribution >= 0.6 is 11.3 Å². The fourth-order valence-corrected chi connectivity index (χ4v) is 4.12. The van der Waals surface area contributed by atoms with E-state index in [-0.39, 0.29) is 0 Å². The molecule has 2 heterocycles. The highest BCUT2D eigenvalue weighted by atomic mass is 32.1. The van der Waals surface area contributed by atoms with Crippen molar-refractivity contribution in [2.45, 2.75) is 26.3 Å². The average molecular weight is 345 g/mol. The van der Waals surface area contributed by atoms with Gasteiger partial charge in [-0.1, -0.05) is 31.2 Å². The van der Waals surface area contributed by atoms with Gasteiger partial charge in [-0.2, -0.15) is 0 Å². The number of carboxylic acids is 1. The maximum absolute atomic E-state index is 11.2. The molecule has 5 heteroatoms. The van der Waals surface area contributed by atoms with Gasteiger partial charge in [0.25, 0.3) is 0 Å². The summed E-state index contributed by atoms with van der Waals surface area (Å²) in [7, 11) is 0. The van der Waals surface area contributed by atoms with E-state index in [1.54, 1.807) is 6.07 Å². The Morgan fingerprint density at radius 3 is 2.54 bits per heavy atom. The van der Waals surface area contributed by atoms with E-state index < -0.39 is 5.97 Å². The molecule has 2 aromatic rings. The summed E-state index contributed by atoms with van der Waals surface area (Å²) in [6.07, 6.45) is 0.846. The lowest BCUT2D eigenvalue weighted by molar-refractivity contribution is 0.0198. The minimum Gasteiger partial charge on any atom is -0.477 e. The fourth-order valence-electron chi connectivity index (χ4n) is 3.16. The first-order chi connectivity index (χ1) is 11.6. The van der Waals surface area contributed by atoms with Crippen LogP contribution in [0.3, 0.4) is 0 Å². The first kappa shape index (κ1) is 17.1. The number of ether oxygens (including phenoxy) is 1. The van der Waals surface area contributed by atoms with Crippen molar-refractivity contribution >= 4 is 17.3 Å². The molecule has 1 atom stereocenters. The molecule has 0 spiro atoms. The second kappa shape index (κ2) is 7.47. The minimum absolute atomic E-state index is 0.366. The van der Waals surface area contributed by atoms with E-state index in [0.29, 0.717) is 10.9 Å². The number of carboxylic acid groups (broad SMARTS) is 1. The van der Waals surface area contributed by atoms with Crippen LogP contribution in [0.1, 0.15) is 40.0 Å². The standard InChI is InChI=1S/C19H23NO3S/c1-3-17-16(12-18(24-17)19(21)22)15-6-4-14(5-7-15)13(2)20-8-10-23-11-9-20/h4-7,12-13H,3,8-11H2,1-2H3,(H,21,22). The number of thiophene rings is 1. The first-order valence-electron chi connectivity index (χ1n) is 8.38. The van der Waals surface area contributed by atoms with Gasteiger partial charge in [-0.3, -0.25) is 4.90 Å². The van der Waals surface area contributed by atoms with Gasteiger partial charge in [0.05, 0.1) is 13.2 Å². The molecule has 0 saturated carbocycles. The quantitative estimate of drug-likeness (QED) is 0.887. The van der Waals surface area contributed by atoms with Gasteiger partial charge in [0.15, 0.2) is 0 Å². The zero-order valence-electron chi connectivity index (χ0n) is 14.1. The van der Waals surface area contributed by atoms with Crippen molar-refractivity contribution < 1.29 is 14.6 Å². The maximum Gasteiger partial charge on any atom is 0.345 e. The summed E-state index contributed by atoms with van der Waals surface area (Å²) in [6.45, 7) is 7.83. The predicted octanol–water partition coefficient (Wildman–Crippen LogP) is 4.07. The normalized spacial score (nSPS) is 16.9. The molecule has 1 saturated heterocycles. The molecule has 1 aliphatic heterocycles. The molecule has 0 aliphatic carbocycles. The molecule has 1 aliphatic rings. The van der Waals surface area contributed by atoms with Crippen molar-refractivity contribution in [2.75, 3.05) is 26.3 Å². The topological polar surface area (TPSA) is 49.8 Å². The lowest BCUT2D eigenvalue weighted by Gasteiger charge is -2.32. The second-order valence-corrected chi connectivity index (χ2v) is 7.19. The number of aromatic carboxylic acids is 1. The number of nitrogens with zero attached hydrogens (tertiary/aromatic N) is 1. The summed E-state index contributed by atoms with van der Waals surface area (Å²) in [5.74, 6) is -0.849. The highest BCUT2D eigenvalue weighted by Gasteiger charge is 2.19. The van der Waals surface area contributed by atoms with Gasteiger partial charge < -0.3 is 9.84 Å². The molecule has 3 rings (SSSR count). The van der Waals surface area contributed by atoms with Crippen LogP contribution < -0.4 is 0 Å². The van der Waals surface area contributed by atoms with Crippen molar-refractivity contribution in [3.8, 4) is 11.1 Å². The number of carbonyl (C=O) groups is 1. The van der Waals surface area contributed by atoms with E-state index in [0.717, 1.165) is 48.7 Å². The molecule has 1 aromatic heterocycles. The van der Waals surface area contributed by atoms with Crippen molar-refractivity contribution in [2.24, 2.45) is 0 Å². The Bertz CT molecular complexity index is 702. The van der Waals surface area contributed by atoms with Crippen molar-refractivity contribution in [1.29, 1.82) is 0 Å². The smallest absolute Gasteiger partial charge is 0.345 e. The van der Waals surface area contributed by atoms with E-state index >= 15 is 0 Å². The summed E-state index contributed by atoms with van der Waals surface area (Å²) in [6, 6.07) is 10.7. The van der Waals surface area contributed by atoms with E-state index in [1.165, 1.54) is 16.9 Å². The lowest BCUT2D eigenvalue weighted by atomic mass is 10.00. The molecule has 24 heavy (non-hydrogen) atoms. The number of hydrogen-bond acceptors (Lipinski definition) is 4. The molecule has 4 nitrogen and oxygen atoms in total. The highest BCUT2D eigenvalue weighted by Crippen LogP contribution is 2.33. The Labute approximate surface area is 146 Å². The van der Waals surface area contributed by atoms with Crippen LogP contribution in [0, 0.1) is 0 Å².